The van der Waals surface area contributed by atoms with Crippen LogP contribution < -0.4 is 10.9 Å². The predicted molar refractivity (Wildman–Crippen MR) is 93.8 cm³/mol. The molecule has 0 aliphatic carbocycles. The molecule has 0 aliphatic rings. The summed E-state index contributed by atoms with van der Waals surface area (Å²) in [7, 11) is 0. The second-order valence-electron chi connectivity index (χ2n) is 5.52. The highest BCUT2D eigenvalue weighted by Crippen LogP contribution is 2.18. The maximum atomic E-state index is 12.0. The molecule has 4 rings (SSSR count). The van der Waals surface area contributed by atoms with Gasteiger partial charge in [-0.2, -0.15) is 4.52 Å². The first-order valence-electron chi connectivity index (χ1n) is 7.71. The minimum Gasteiger partial charge on any atom is -0.354 e. The molecule has 4 aromatic rings. The summed E-state index contributed by atoms with van der Waals surface area (Å²) in [5.74, 6) is 0. The van der Waals surface area contributed by atoms with Crippen LogP contribution in [0.15, 0.2) is 35.3 Å². The van der Waals surface area contributed by atoms with Gasteiger partial charge in [0.1, 0.15) is 5.65 Å². The van der Waals surface area contributed by atoms with Gasteiger partial charge in [0.15, 0.2) is 0 Å². The largest absolute Gasteiger partial charge is 0.354 e. The van der Waals surface area contributed by atoms with Gasteiger partial charge in [-0.3, -0.25) is 4.79 Å². The van der Waals surface area contributed by atoms with Gasteiger partial charge < -0.3 is 9.72 Å². The maximum Gasteiger partial charge on any atom is 0.275 e. The first-order chi connectivity index (χ1) is 11.6. The number of pyridine rings is 1. The van der Waals surface area contributed by atoms with E-state index in [-0.39, 0.29) is 5.56 Å². The molecular weight excluding hydrogens is 324 g/mol. The highest BCUT2D eigenvalue weighted by molar-refractivity contribution is 7.20. The van der Waals surface area contributed by atoms with E-state index in [0.29, 0.717) is 16.6 Å². The van der Waals surface area contributed by atoms with Crippen molar-refractivity contribution < 1.29 is 0 Å². The number of nitrogens with zero attached hydrogens (tertiary/aromatic N) is 5. The zero-order chi connectivity index (χ0) is 16.7. The van der Waals surface area contributed by atoms with E-state index in [1.807, 2.05) is 38.2 Å². The van der Waals surface area contributed by atoms with Crippen LogP contribution in [0.5, 0.6) is 0 Å². The van der Waals surface area contributed by atoms with Gasteiger partial charge in [-0.15, -0.1) is 5.10 Å². The van der Waals surface area contributed by atoms with Crippen molar-refractivity contribution in [3.63, 3.8) is 0 Å². The Morgan fingerprint density at radius 2 is 2.12 bits per heavy atom. The van der Waals surface area contributed by atoms with Gasteiger partial charge in [0, 0.05) is 23.7 Å². The summed E-state index contributed by atoms with van der Waals surface area (Å²) < 4.78 is 3.38. The lowest BCUT2D eigenvalue weighted by Gasteiger charge is -1.97. The van der Waals surface area contributed by atoms with Gasteiger partial charge in [0.25, 0.3) is 5.56 Å². The maximum absolute atomic E-state index is 12.0. The summed E-state index contributed by atoms with van der Waals surface area (Å²) >= 11 is 1.37. The molecule has 8 heteroatoms. The minimum atomic E-state index is -0.149. The van der Waals surface area contributed by atoms with Crippen LogP contribution in [0.25, 0.3) is 10.6 Å². The van der Waals surface area contributed by atoms with Crippen molar-refractivity contribution in [2.24, 2.45) is 0 Å². The number of imidazole rings is 1. The fraction of sp³-hybridized carbons (Fsp3) is 0.250. The van der Waals surface area contributed by atoms with Crippen molar-refractivity contribution in [3.8, 4) is 0 Å². The Bertz CT molecular complexity index is 1090. The van der Waals surface area contributed by atoms with Crippen molar-refractivity contribution in [2.75, 3.05) is 5.32 Å². The van der Waals surface area contributed by atoms with Gasteiger partial charge in [-0.25, -0.2) is 9.97 Å². The zero-order valence-corrected chi connectivity index (χ0v) is 14.2. The van der Waals surface area contributed by atoms with Gasteiger partial charge in [0.05, 0.1) is 12.2 Å². The molecule has 0 unspecified atom stereocenters. The number of hydrogen-bond donors (Lipinski definition) is 1. The fourth-order valence-corrected chi connectivity index (χ4v) is 3.38. The fourth-order valence-electron chi connectivity index (χ4n) is 2.56. The van der Waals surface area contributed by atoms with Crippen molar-refractivity contribution in [1.29, 1.82) is 0 Å². The lowest BCUT2D eigenvalue weighted by atomic mass is 10.3. The summed E-state index contributed by atoms with van der Waals surface area (Å²) in [6, 6.07) is 7.54. The summed E-state index contributed by atoms with van der Waals surface area (Å²) in [6.07, 6.45) is 2.73. The molecule has 1 N–H and O–H groups in total. The van der Waals surface area contributed by atoms with E-state index in [9.17, 15) is 4.79 Å². The molecule has 24 heavy (non-hydrogen) atoms. The quantitative estimate of drug-likeness (QED) is 0.617. The van der Waals surface area contributed by atoms with Gasteiger partial charge in [-0.1, -0.05) is 24.3 Å². The van der Waals surface area contributed by atoms with E-state index in [1.54, 1.807) is 0 Å². The molecule has 0 bridgehead atoms. The highest BCUT2D eigenvalue weighted by Gasteiger charge is 2.09. The SMILES string of the molecule is CCc1cc(=O)n2nc(NCc3cn4c(C)cccc4n3)sc2n1. The van der Waals surface area contributed by atoms with E-state index in [0.717, 1.165) is 29.1 Å². The topological polar surface area (TPSA) is 76.6 Å². The van der Waals surface area contributed by atoms with Crippen LogP contribution >= 0.6 is 11.3 Å². The van der Waals surface area contributed by atoms with E-state index < -0.39 is 0 Å². The third-order valence-corrected chi connectivity index (χ3v) is 4.69. The molecule has 0 aliphatic heterocycles. The Balaban J connectivity index is 1.60. The average molecular weight is 340 g/mol. The first-order valence-corrected chi connectivity index (χ1v) is 8.53. The summed E-state index contributed by atoms with van der Waals surface area (Å²) in [6.45, 7) is 4.56. The Morgan fingerprint density at radius 1 is 1.25 bits per heavy atom. The van der Waals surface area contributed by atoms with E-state index in [4.69, 9.17) is 0 Å². The van der Waals surface area contributed by atoms with Crippen molar-refractivity contribution in [2.45, 2.75) is 26.8 Å². The number of aryl methyl sites for hydroxylation is 2. The van der Waals surface area contributed by atoms with Crippen LogP contribution in [0.3, 0.4) is 0 Å². The second kappa shape index (κ2) is 5.72. The highest BCUT2D eigenvalue weighted by atomic mass is 32.1. The standard InChI is InChI=1S/C16H16N6OS/c1-3-11-7-14(23)22-16(19-11)24-15(20-22)17-8-12-9-21-10(2)5-4-6-13(21)18-12/h4-7,9H,3,8H2,1-2H3,(H,17,20). The average Bonchev–Trinajstić information content (AvgIpc) is 3.17. The first kappa shape index (κ1) is 14.8. The lowest BCUT2D eigenvalue weighted by molar-refractivity contribution is 0.873. The molecule has 0 saturated heterocycles. The Labute approximate surface area is 141 Å². The molecule has 0 radical (unpaired) electrons. The van der Waals surface area contributed by atoms with Crippen molar-refractivity contribution >= 4 is 27.1 Å². The van der Waals surface area contributed by atoms with Crippen LogP contribution in [0.4, 0.5) is 5.13 Å². The molecule has 0 fully saturated rings. The Morgan fingerprint density at radius 3 is 2.92 bits per heavy atom. The Hall–Kier alpha value is -2.74. The van der Waals surface area contributed by atoms with Crippen LogP contribution in [-0.4, -0.2) is 24.0 Å². The predicted octanol–water partition coefficient (Wildman–Crippen LogP) is 2.28. The normalized spacial score (nSPS) is 11.4. The molecule has 0 saturated carbocycles. The molecule has 0 atom stereocenters. The smallest absolute Gasteiger partial charge is 0.275 e. The number of aromatic nitrogens is 5. The number of nitrogens with one attached hydrogen (secondary N) is 1. The Kier molecular flexibility index (Phi) is 3.53. The number of anilines is 1. The summed E-state index contributed by atoms with van der Waals surface area (Å²) in [5, 5.41) is 8.17. The third kappa shape index (κ3) is 2.54. The summed E-state index contributed by atoms with van der Waals surface area (Å²) in [5.41, 5.74) is 3.60. The number of fused-ring (bicyclic) bond motifs is 2. The summed E-state index contributed by atoms with van der Waals surface area (Å²) in [4.78, 5) is 21.6. The lowest BCUT2D eigenvalue weighted by Crippen LogP contribution is -2.15. The van der Waals surface area contributed by atoms with Crippen LogP contribution in [0.2, 0.25) is 0 Å². The monoisotopic (exact) mass is 340 g/mol. The third-order valence-electron chi connectivity index (χ3n) is 3.83. The molecular formula is C16H16N6OS. The van der Waals surface area contributed by atoms with Crippen LogP contribution in [0.1, 0.15) is 24.0 Å². The number of hydrogen-bond acceptors (Lipinski definition) is 6. The van der Waals surface area contributed by atoms with E-state index in [2.05, 4.69) is 24.8 Å². The molecule has 0 aromatic carbocycles. The molecule has 4 aromatic heterocycles. The van der Waals surface area contributed by atoms with Gasteiger partial charge >= 0.3 is 0 Å². The molecule has 122 valence electrons. The molecule has 0 amide bonds. The van der Waals surface area contributed by atoms with E-state index >= 15 is 0 Å². The molecule has 4 heterocycles. The number of rotatable bonds is 4. The second-order valence-corrected chi connectivity index (χ2v) is 6.48. The van der Waals surface area contributed by atoms with Gasteiger partial charge in [0.2, 0.25) is 10.1 Å². The molecule has 0 spiro atoms. The zero-order valence-electron chi connectivity index (χ0n) is 13.4. The van der Waals surface area contributed by atoms with Crippen molar-refractivity contribution in [1.82, 2.24) is 24.0 Å². The van der Waals surface area contributed by atoms with E-state index in [1.165, 1.54) is 21.9 Å². The minimum absolute atomic E-state index is 0.149. The van der Waals surface area contributed by atoms with Crippen LogP contribution in [-0.2, 0) is 13.0 Å². The van der Waals surface area contributed by atoms with Crippen molar-refractivity contribution in [3.05, 3.63) is 57.9 Å². The van der Waals surface area contributed by atoms with Crippen LogP contribution in [0, 0.1) is 6.92 Å². The molecule has 7 nitrogen and oxygen atoms in total. The van der Waals surface area contributed by atoms with Gasteiger partial charge in [-0.05, 0) is 25.5 Å².